The van der Waals surface area contributed by atoms with Gasteiger partial charge in [-0.05, 0) is 147 Å². The third kappa shape index (κ3) is 10.5. The maximum absolute atomic E-state index is 11.2. The quantitative estimate of drug-likeness (QED) is 0.0445. The number of hydrogen-bond acceptors (Lipinski definition) is 12. The second-order valence-corrected chi connectivity index (χ2v) is 18.2. The number of aryl methyl sites for hydroxylation is 1. The van der Waals surface area contributed by atoms with Crippen LogP contribution in [0.5, 0.6) is 17.2 Å². The SMILES string of the molecule is C=C(C=CC(=CC)OCCOCCOCCCCC1C=NN=C(c2cccc(Nc3ncnc4cc(OC)c(OC)cc34)c2)C1)C1CC2(C)C(O)CCC2C2CCc3cc(O)ccc3C12. The van der Waals surface area contributed by atoms with E-state index in [2.05, 4.69) is 63.3 Å². The first-order valence-electron chi connectivity index (χ1n) is 23.3. The van der Waals surface area contributed by atoms with Crippen molar-refractivity contribution in [3.63, 3.8) is 0 Å². The molecule has 8 rings (SSSR count). The number of fused-ring (bicyclic) bond motifs is 6. The number of nitrogens with zero attached hydrogens (tertiary/aromatic N) is 4. The van der Waals surface area contributed by atoms with Gasteiger partial charge in [0.15, 0.2) is 11.5 Å². The van der Waals surface area contributed by atoms with Gasteiger partial charge in [0.2, 0.25) is 0 Å². The molecule has 7 unspecified atom stereocenters. The molecule has 344 valence electrons. The number of aromatic nitrogens is 2. The second kappa shape index (κ2) is 21.2. The fourth-order valence-electron chi connectivity index (χ4n) is 11.0. The Balaban J connectivity index is 0.721. The van der Waals surface area contributed by atoms with E-state index in [4.69, 9.17) is 23.7 Å². The first-order valence-corrected chi connectivity index (χ1v) is 23.3. The van der Waals surface area contributed by atoms with Crippen molar-refractivity contribution in [1.82, 2.24) is 9.97 Å². The van der Waals surface area contributed by atoms with Crippen LogP contribution in [0.4, 0.5) is 11.5 Å². The summed E-state index contributed by atoms with van der Waals surface area (Å²) in [4.78, 5) is 8.93. The van der Waals surface area contributed by atoms with Crippen molar-refractivity contribution in [2.45, 2.75) is 83.7 Å². The molecule has 2 fully saturated rings. The van der Waals surface area contributed by atoms with Crippen LogP contribution in [0.3, 0.4) is 0 Å². The summed E-state index contributed by atoms with van der Waals surface area (Å²) < 4.78 is 28.8. The van der Waals surface area contributed by atoms with E-state index in [1.807, 2.05) is 61.7 Å². The summed E-state index contributed by atoms with van der Waals surface area (Å²) in [6, 6.07) is 17.8. The van der Waals surface area contributed by atoms with Gasteiger partial charge in [-0.1, -0.05) is 49.8 Å². The van der Waals surface area contributed by atoms with Crippen molar-refractivity contribution in [2.24, 2.45) is 39.3 Å². The number of aliphatic hydroxyl groups excluding tert-OH is 1. The molecule has 2 heterocycles. The smallest absolute Gasteiger partial charge is 0.162 e. The number of allylic oxidation sites excluding steroid dienone is 4. The largest absolute Gasteiger partial charge is 0.508 e. The molecular weight excluding hydrogens is 819 g/mol. The Labute approximate surface area is 383 Å². The number of aromatic hydroxyl groups is 1. The lowest BCUT2D eigenvalue weighted by atomic mass is 9.51. The van der Waals surface area contributed by atoms with E-state index in [0.29, 0.717) is 79.8 Å². The van der Waals surface area contributed by atoms with E-state index < -0.39 is 0 Å². The Hall–Kier alpha value is -5.56. The maximum Gasteiger partial charge on any atom is 0.162 e. The summed E-state index contributed by atoms with van der Waals surface area (Å²) in [6.07, 6.45) is 18.1. The topological polar surface area (TPSA) is 149 Å². The number of phenols is 1. The van der Waals surface area contributed by atoms with Gasteiger partial charge in [-0.25, -0.2) is 9.97 Å². The zero-order valence-electron chi connectivity index (χ0n) is 38.4. The highest BCUT2D eigenvalue weighted by Gasteiger charge is 2.57. The highest BCUT2D eigenvalue weighted by atomic mass is 16.5. The van der Waals surface area contributed by atoms with Crippen molar-refractivity contribution in [3.05, 3.63) is 114 Å². The Morgan fingerprint density at radius 2 is 1.74 bits per heavy atom. The van der Waals surface area contributed by atoms with Gasteiger partial charge in [-0.2, -0.15) is 10.2 Å². The van der Waals surface area contributed by atoms with Gasteiger partial charge in [0.25, 0.3) is 0 Å². The molecule has 1 aromatic heterocycles. The molecule has 0 amide bonds. The van der Waals surface area contributed by atoms with E-state index in [1.54, 1.807) is 14.2 Å². The summed E-state index contributed by atoms with van der Waals surface area (Å²) in [5.41, 5.74) is 7.17. The molecule has 65 heavy (non-hydrogen) atoms. The number of methoxy groups -OCH3 is 2. The van der Waals surface area contributed by atoms with Crippen LogP contribution in [0.1, 0.15) is 87.8 Å². The number of rotatable bonds is 20. The van der Waals surface area contributed by atoms with Gasteiger partial charge in [-0.3, -0.25) is 0 Å². The molecule has 0 bridgehead atoms. The Bertz CT molecular complexity index is 2430. The molecule has 12 heteroatoms. The normalized spacial score (nSPS) is 24.9. The van der Waals surface area contributed by atoms with E-state index >= 15 is 0 Å². The molecule has 4 aromatic rings. The summed E-state index contributed by atoms with van der Waals surface area (Å²) in [5, 5.41) is 34.6. The molecular formula is C53H65N5O7. The van der Waals surface area contributed by atoms with Crippen LogP contribution in [-0.4, -0.2) is 85.5 Å². The van der Waals surface area contributed by atoms with Gasteiger partial charge in [0, 0.05) is 35.9 Å². The van der Waals surface area contributed by atoms with Crippen molar-refractivity contribution >= 4 is 34.3 Å². The third-order valence-electron chi connectivity index (χ3n) is 14.4. The van der Waals surface area contributed by atoms with Gasteiger partial charge >= 0.3 is 0 Å². The van der Waals surface area contributed by atoms with Crippen LogP contribution in [0.15, 0.2) is 107 Å². The monoisotopic (exact) mass is 883 g/mol. The molecule has 4 aliphatic rings. The van der Waals surface area contributed by atoms with Crippen molar-refractivity contribution in [3.8, 4) is 17.2 Å². The van der Waals surface area contributed by atoms with Crippen molar-refractivity contribution in [1.29, 1.82) is 0 Å². The van der Waals surface area contributed by atoms with Crippen molar-refractivity contribution < 1.29 is 33.9 Å². The average molecular weight is 884 g/mol. The molecule has 3 N–H and O–H groups in total. The lowest BCUT2D eigenvalue weighted by Crippen LogP contribution is -2.48. The molecule has 2 saturated carbocycles. The number of benzene rings is 3. The van der Waals surface area contributed by atoms with Gasteiger partial charge in [0.1, 0.15) is 30.3 Å². The minimum atomic E-state index is -0.279. The van der Waals surface area contributed by atoms with E-state index in [-0.39, 0.29) is 17.4 Å². The Morgan fingerprint density at radius 3 is 2.57 bits per heavy atom. The number of aliphatic hydroxyl groups is 1. The van der Waals surface area contributed by atoms with Crippen LogP contribution < -0.4 is 14.8 Å². The predicted molar refractivity (Wildman–Crippen MR) is 257 cm³/mol. The van der Waals surface area contributed by atoms with E-state index in [9.17, 15) is 10.2 Å². The maximum atomic E-state index is 11.2. The zero-order chi connectivity index (χ0) is 45.3. The Kier molecular flexibility index (Phi) is 15.0. The summed E-state index contributed by atoms with van der Waals surface area (Å²) in [5.74, 6) is 4.85. The average Bonchev–Trinajstić information content (AvgIpc) is 3.63. The van der Waals surface area contributed by atoms with Crippen LogP contribution in [0, 0.1) is 29.1 Å². The van der Waals surface area contributed by atoms with Crippen LogP contribution in [0.2, 0.25) is 0 Å². The van der Waals surface area contributed by atoms with E-state index in [1.165, 1.54) is 17.5 Å². The number of ether oxygens (including phenoxy) is 5. The Morgan fingerprint density at radius 1 is 0.923 bits per heavy atom. The number of phenolic OH excluding ortho intramolecular Hbond substituents is 1. The number of nitrogens with one attached hydrogen (secondary N) is 1. The second-order valence-electron chi connectivity index (χ2n) is 18.2. The van der Waals surface area contributed by atoms with Gasteiger partial charge < -0.3 is 39.2 Å². The number of hydrogen-bond donors (Lipinski definition) is 3. The summed E-state index contributed by atoms with van der Waals surface area (Å²) >= 11 is 0. The van der Waals surface area contributed by atoms with Gasteiger partial charge in [-0.15, -0.1) is 0 Å². The minimum absolute atomic E-state index is 0.110. The predicted octanol–water partition coefficient (Wildman–Crippen LogP) is 10.3. The molecule has 3 aliphatic carbocycles. The summed E-state index contributed by atoms with van der Waals surface area (Å²) in [6.45, 7) is 11.5. The fraction of sp³-hybridized carbons (Fsp3) is 0.472. The highest BCUT2D eigenvalue weighted by molar-refractivity contribution is 6.03. The number of anilines is 2. The lowest BCUT2D eigenvalue weighted by molar-refractivity contribution is -0.0399. The molecule has 7 atom stereocenters. The number of unbranched alkanes of at least 4 members (excludes halogenated alkanes) is 1. The highest BCUT2D eigenvalue weighted by Crippen LogP contribution is 2.64. The minimum Gasteiger partial charge on any atom is -0.508 e. The van der Waals surface area contributed by atoms with Crippen LogP contribution >= 0.6 is 0 Å². The molecule has 3 aromatic carbocycles. The first-order chi connectivity index (χ1) is 31.7. The van der Waals surface area contributed by atoms with E-state index in [0.717, 1.165) is 97.0 Å². The third-order valence-corrected chi connectivity index (χ3v) is 14.4. The van der Waals surface area contributed by atoms with Crippen molar-refractivity contribution in [2.75, 3.05) is 52.6 Å². The molecule has 0 radical (unpaired) electrons. The first kappa shape index (κ1) is 46.0. The molecule has 1 aliphatic heterocycles. The zero-order valence-corrected chi connectivity index (χ0v) is 38.4. The lowest BCUT2D eigenvalue weighted by Gasteiger charge is -2.54. The fourth-order valence-corrected chi connectivity index (χ4v) is 11.0. The molecule has 0 spiro atoms. The van der Waals surface area contributed by atoms with Gasteiger partial charge in [0.05, 0.1) is 51.4 Å². The standard InChI is InChI=1S/C53H65N5O7/c1-6-40(16-13-34(2)44-31-53(3)45(19-20-50(53)60)42-17-14-36-28-39(59)15-18-41(36)51(42)44)65-25-24-64-23-22-63-21-8-7-10-35-26-46(58-56-32-35)37-11-9-12-38(27-37)57-52-43-29-48(61-4)49(62-5)30-47(43)54-33-55-52/h6,9,11-13,15-16,18,27-30,32-33,35,42,44-45,50-51,59-60H,2,7-8,10,14,17,19-26,31H2,1,3-5H3,(H,54,55,57). The molecule has 0 saturated heterocycles. The molecule has 12 nitrogen and oxygen atoms in total. The van der Waals surface area contributed by atoms with Crippen LogP contribution in [0.25, 0.3) is 10.9 Å². The summed E-state index contributed by atoms with van der Waals surface area (Å²) in [7, 11) is 3.22. The van der Waals surface area contributed by atoms with Crippen LogP contribution in [-0.2, 0) is 20.6 Å².